The van der Waals surface area contributed by atoms with Crippen molar-refractivity contribution in [3.8, 4) is 12.3 Å². The number of thioether (sulfide) groups is 1. The Morgan fingerprint density at radius 2 is 2.50 bits per heavy atom. The topological polar surface area (TPSA) is 9.23 Å². The number of terminal acetylenes is 1. The first kappa shape index (κ1) is 9.95. The molecule has 0 saturated carbocycles. The van der Waals surface area contributed by atoms with Crippen molar-refractivity contribution in [2.24, 2.45) is 0 Å². The van der Waals surface area contributed by atoms with E-state index in [2.05, 4.69) is 5.92 Å². The molecule has 68 valence electrons. The van der Waals surface area contributed by atoms with Crippen LogP contribution in [0.3, 0.4) is 0 Å². The van der Waals surface area contributed by atoms with Crippen LogP contribution in [-0.2, 0) is 4.74 Å². The van der Waals surface area contributed by atoms with E-state index < -0.39 is 0 Å². The largest absolute Gasteiger partial charge is 0.377 e. The lowest BCUT2D eigenvalue weighted by Gasteiger charge is -2.07. The highest BCUT2D eigenvalue weighted by molar-refractivity contribution is 7.99. The van der Waals surface area contributed by atoms with Crippen LogP contribution in [0.5, 0.6) is 0 Å². The van der Waals surface area contributed by atoms with Crippen LogP contribution >= 0.6 is 11.8 Å². The van der Waals surface area contributed by atoms with Crippen molar-refractivity contribution >= 4 is 11.8 Å². The smallest absolute Gasteiger partial charge is 0.0666 e. The van der Waals surface area contributed by atoms with Crippen LogP contribution in [-0.4, -0.2) is 24.2 Å². The Morgan fingerprint density at radius 3 is 3.17 bits per heavy atom. The molecule has 0 radical (unpaired) electrons. The van der Waals surface area contributed by atoms with Gasteiger partial charge in [0.1, 0.15) is 0 Å². The van der Waals surface area contributed by atoms with Crippen molar-refractivity contribution in [1.82, 2.24) is 0 Å². The third-order valence-electron chi connectivity index (χ3n) is 1.94. The summed E-state index contributed by atoms with van der Waals surface area (Å²) in [6, 6.07) is 0. The standard InChI is InChI=1S/C10H16OS/c1-2-3-4-8-12-9-10-6-5-7-11-10/h1,10H,3-9H2. The summed E-state index contributed by atoms with van der Waals surface area (Å²) >= 11 is 1.97. The van der Waals surface area contributed by atoms with Crippen LogP contribution in [0.1, 0.15) is 25.7 Å². The number of ether oxygens (including phenoxy) is 1. The van der Waals surface area contributed by atoms with E-state index in [4.69, 9.17) is 11.2 Å². The molecule has 1 nitrogen and oxygen atoms in total. The predicted octanol–water partition coefficient (Wildman–Crippen LogP) is 2.31. The Hall–Kier alpha value is -0.130. The summed E-state index contributed by atoms with van der Waals surface area (Å²) in [5.74, 6) is 4.99. The van der Waals surface area contributed by atoms with Gasteiger partial charge in [-0.1, -0.05) is 0 Å². The maximum Gasteiger partial charge on any atom is 0.0666 e. The van der Waals surface area contributed by atoms with E-state index in [1.807, 2.05) is 11.8 Å². The maximum absolute atomic E-state index is 5.50. The van der Waals surface area contributed by atoms with Crippen molar-refractivity contribution in [3.05, 3.63) is 0 Å². The molecule has 1 saturated heterocycles. The lowest BCUT2D eigenvalue weighted by molar-refractivity contribution is 0.129. The number of hydrogen-bond acceptors (Lipinski definition) is 2. The zero-order valence-corrected chi connectivity index (χ0v) is 8.24. The third-order valence-corrected chi connectivity index (χ3v) is 3.12. The lowest BCUT2D eigenvalue weighted by atomic mass is 10.3. The SMILES string of the molecule is C#CCCCSCC1CCCO1. The molecule has 12 heavy (non-hydrogen) atoms. The molecule has 1 rings (SSSR count). The summed E-state index contributed by atoms with van der Waals surface area (Å²) in [7, 11) is 0. The summed E-state index contributed by atoms with van der Waals surface area (Å²) in [5.41, 5.74) is 0. The van der Waals surface area contributed by atoms with Gasteiger partial charge in [0.15, 0.2) is 0 Å². The van der Waals surface area contributed by atoms with E-state index in [1.54, 1.807) is 0 Å². The molecule has 1 atom stereocenters. The fraction of sp³-hybridized carbons (Fsp3) is 0.800. The van der Waals surface area contributed by atoms with Crippen molar-refractivity contribution in [1.29, 1.82) is 0 Å². The van der Waals surface area contributed by atoms with Gasteiger partial charge in [0, 0.05) is 18.8 Å². The minimum absolute atomic E-state index is 0.529. The van der Waals surface area contributed by atoms with Crippen molar-refractivity contribution in [2.45, 2.75) is 31.8 Å². The highest BCUT2D eigenvalue weighted by Gasteiger charge is 2.14. The number of hydrogen-bond donors (Lipinski definition) is 0. The molecule has 1 aliphatic heterocycles. The molecule has 1 fully saturated rings. The number of rotatable bonds is 5. The Labute approximate surface area is 79.3 Å². The second-order valence-corrected chi connectivity index (χ2v) is 4.17. The average Bonchev–Trinajstić information content (AvgIpc) is 2.57. The summed E-state index contributed by atoms with van der Waals surface area (Å²) in [4.78, 5) is 0. The van der Waals surface area contributed by atoms with Gasteiger partial charge in [-0.2, -0.15) is 11.8 Å². The molecule has 2 heteroatoms. The molecule has 0 aromatic heterocycles. The Bertz CT molecular complexity index is 144. The molecule has 0 aromatic carbocycles. The molecule has 1 heterocycles. The van der Waals surface area contributed by atoms with Gasteiger partial charge in [0.2, 0.25) is 0 Å². The van der Waals surface area contributed by atoms with Crippen LogP contribution in [0.4, 0.5) is 0 Å². The zero-order valence-electron chi connectivity index (χ0n) is 7.42. The van der Waals surface area contributed by atoms with E-state index in [0.29, 0.717) is 6.10 Å². The first-order chi connectivity index (χ1) is 5.93. The van der Waals surface area contributed by atoms with E-state index in [-0.39, 0.29) is 0 Å². The van der Waals surface area contributed by atoms with Crippen LogP contribution in [0.25, 0.3) is 0 Å². The summed E-state index contributed by atoms with van der Waals surface area (Å²) in [6.07, 6.45) is 10.2. The second-order valence-electron chi connectivity index (χ2n) is 3.02. The fourth-order valence-electron chi connectivity index (χ4n) is 1.27. The first-order valence-electron chi connectivity index (χ1n) is 4.56. The highest BCUT2D eigenvalue weighted by Crippen LogP contribution is 2.17. The molecular weight excluding hydrogens is 168 g/mol. The number of unbranched alkanes of at least 4 members (excludes halogenated alkanes) is 1. The van der Waals surface area contributed by atoms with Crippen molar-refractivity contribution in [3.63, 3.8) is 0 Å². The summed E-state index contributed by atoms with van der Waals surface area (Å²) in [6.45, 7) is 0.968. The first-order valence-corrected chi connectivity index (χ1v) is 5.72. The zero-order chi connectivity index (χ0) is 8.65. The molecule has 0 aromatic rings. The normalized spacial score (nSPS) is 22.4. The monoisotopic (exact) mass is 184 g/mol. The van der Waals surface area contributed by atoms with Crippen LogP contribution in [0.2, 0.25) is 0 Å². The molecule has 0 aliphatic carbocycles. The molecular formula is C10H16OS. The van der Waals surface area contributed by atoms with E-state index in [0.717, 1.165) is 25.2 Å². The Morgan fingerprint density at radius 1 is 1.58 bits per heavy atom. The van der Waals surface area contributed by atoms with Gasteiger partial charge in [-0.05, 0) is 25.0 Å². The summed E-state index contributed by atoms with van der Waals surface area (Å²) < 4.78 is 5.50. The summed E-state index contributed by atoms with van der Waals surface area (Å²) in [5, 5.41) is 0. The predicted molar refractivity (Wildman–Crippen MR) is 54.4 cm³/mol. The molecule has 0 bridgehead atoms. The second kappa shape index (κ2) is 6.39. The third kappa shape index (κ3) is 4.04. The van der Waals surface area contributed by atoms with Crippen LogP contribution in [0.15, 0.2) is 0 Å². The maximum atomic E-state index is 5.50. The van der Waals surface area contributed by atoms with Crippen LogP contribution in [0, 0.1) is 12.3 Å². The van der Waals surface area contributed by atoms with Gasteiger partial charge in [-0.3, -0.25) is 0 Å². The van der Waals surface area contributed by atoms with Gasteiger partial charge in [0.05, 0.1) is 6.10 Å². The highest BCUT2D eigenvalue weighted by atomic mass is 32.2. The average molecular weight is 184 g/mol. The molecule has 0 amide bonds. The van der Waals surface area contributed by atoms with E-state index >= 15 is 0 Å². The van der Waals surface area contributed by atoms with Gasteiger partial charge in [-0.15, -0.1) is 12.3 Å². The van der Waals surface area contributed by atoms with Gasteiger partial charge in [-0.25, -0.2) is 0 Å². The van der Waals surface area contributed by atoms with Crippen molar-refractivity contribution < 1.29 is 4.74 Å². The molecule has 1 aliphatic rings. The minimum atomic E-state index is 0.529. The fourth-order valence-corrected chi connectivity index (χ4v) is 2.31. The Balaban J connectivity index is 1.85. The molecule has 0 N–H and O–H groups in total. The van der Waals surface area contributed by atoms with Gasteiger partial charge in [0.25, 0.3) is 0 Å². The van der Waals surface area contributed by atoms with Gasteiger partial charge < -0.3 is 4.74 Å². The van der Waals surface area contributed by atoms with E-state index in [9.17, 15) is 0 Å². The molecule has 1 unspecified atom stereocenters. The Kier molecular flexibility index (Phi) is 5.30. The van der Waals surface area contributed by atoms with E-state index in [1.165, 1.54) is 18.6 Å². The lowest BCUT2D eigenvalue weighted by Crippen LogP contribution is -2.08. The quantitative estimate of drug-likeness (QED) is 0.479. The van der Waals surface area contributed by atoms with Gasteiger partial charge >= 0.3 is 0 Å². The van der Waals surface area contributed by atoms with Crippen LogP contribution < -0.4 is 0 Å². The van der Waals surface area contributed by atoms with Crippen molar-refractivity contribution in [2.75, 3.05) is 18.1 Å². The molecule has 0 spiro atoms. The minimum Gasteiger partial charge on any atom is -0.377 e.